The quantitative estimate of drug-likeness (QED) is 0.383. The van der Waals surface area contributed by atoms with Crippen LogP contribution in [0, 0.1) is 17.0 Å². The second kappa shape index (κ2) is 11.4. The van der Waals surface area contributed by atoms with Crippen LogP contribution in [0.2, 0.25) is 5.02 Å². The van der Waals surface area contributed by atoms with Crippen molar-refractivity contribution < 1.29 is 23.1 Å². The van der Waals surface area contributed by atoms with Crippen molar-refractivity contribution in [2.45, 2.75) is 32.6 Å². The highest BCUT2D eigenvalue weighted by Crippen LogP contribution is 2.30. The van der Waals surface area contributed by atoms with Crippen LogP contribution < -0.4 is 11.1 Å². The lowest BCUT2D eigenvalue weighted by atomic mass is 9.77. The van der Waals surface area contributed by atoms with Gasteiger partial charge in [0.15, 0.2) is 0 Å². The minimum atomic E-state index is -0.812. The van der Waals surface area contributed by atoms with Gasteiger partial charge in [0.05, 0.1) is 11.6 Å². The molecular formula is C25H26ClF2N3O3. The van der Waals surface area contributed by atoms with Gasteiger partial charge in [-0.1, -0.05) is 30.7 Å². The number of carbonyl (C=O) groups is 2. The Morgan fingerprint density at radius 1 is 1.15 bits per heavy atom. The summed E-state index contributed by atoms with van der Waals surface area (Å²) in [6.45, 7) is 2.04. The molecule has 0 saturated carbocycles. The molecule has 1 amide bonds. The molecule has 2 aromatic carbocycles. The molecule has 3 N–H and O–H groups in total. The molecule has 1 heterocycles. The lowest BCUT2D eigenvalue weighted by Crippen LogP contribution is -2.33. The first-order chi connectivity index (χ1) is 16.2. The number of rotatable bonds is 10. The highest BCUT2D eigenvalue weighted by atomic mass is 35.5. The van der Waals surface area contributed by atoms with E-state index in [0.717, 1.165) is 5.39 Å². The number of fused-ring (bicyclic) bond motifs is 1. The molecule has 1 aromatic heterocycles. The smallest absolute Gasteiger partial charge is 0.412 e. The number of aryl methyl sites for hydroxylation is 1. The average Bonchev–Trinajstić information content (AvgIpc) is 2.79. The second-order valence-corrected chi connectivity index (χ2v) is 8.69. The third kappa shape index (κ3) is 6.48. The van der Waals surface area contributed by atoms with Gasteiger partial charge in [-0.15, -0.1) is 0 Å². The fraction of sp³-hybridized carbons (Fsp3) is 0.320. The van der Waals surface area contributed by atoms with Crippen molar-refractivity contribution >= 4 is 40.1 Å². The molecule has 9 heteroatoms. The van der Waals surface area contributed by atoms with E-state index in [1.54, 1.807) is 31.2 Å². The predicted molar refractivity (Wildman–Crippen MR) is 128 cm³/mol. The van der Waals surface area contributed by atoms with Gasteiger partial charge >= 0.3 is 6.09 Å². The number of aromatic nitrogens is 1. The summed E-state index contributed by atoms with van der Waals surface area (Å²) < 4.78 is 32.3. The van der Waals surface area contributed by atoms with Crippen molar-refractivity contribution in [2.24, 2.45) is 11.1 Å². The minimum Gasteiger partial charge on any atom is -0.449 e. The fourth-order valence-corrected chi connectivity index (χ4v) is 3.92. The lowest BCUT2D eigenvalue weighted by molar-refractivity contribution is -0.129. The van der Waals surface area contributed by atoms with Gasteiger partial charge in [0.2, 0.25) is 0 Å². The second-order valence-electron chi connectivity index (χ2n) is 8.31. The number of ether oxygens (including phenoxy) is 1. The maximum absolute atomic E-state index is 13.6. The Hall–Kier alpha value is -3.10. The molecule has 34 heavy (non-hydrogen) atoms. The summed E-state index contributed by atoms with van der Waals surface area (Å²) in [6, 6.07) is 10.3. The largest absolute Gasteiger partial charge is 0.449 e. The molecule has 3 aromatic rings. The van der Waals surface area contributed by atoms with E-state index in [9.17, 15) is 18.4 Å². The minimum absolute atomic E-state index is 0.0147. The van der Waals surface area contributed by atoms with E-state index in [1.807, 2.05) is 0 Å². The standard InChI is InChI=1S/C25H26ClF2N3O3/c1-25(9-11-29,21(32)8-6-16-3-2-4-20(28)23(16)26)10-12-34-24(33)31-22-14-18-13-19(27)7-5-17(18)15-30-22/h2-5,7,13-15H,6,8-12,29H2,1H3,(H,30,31,33). The Morgan fingerprint density at radius 3 is 2.71 bits per heavy atom. The summed E-state index contributed by atoms with van der Waals surface area (Å²) in [4.78, 5) is 29.3. The molecule has 6 nitrogen and oxygen atoms in total. The van der Waals surface area contributed by atoms with Gasteiger partial charge in [0, 0.05) is 23.4 Å². The van der Waals surface area contributed by atoms with E-state index in [1.165, 1.54) is 24.4 Å². The van der Waals surface area contributed by atoms with Crippen LogP contribution in [0.1, 0.15) is 31.7 Å². The van der Waals surface area contributed by atoms with Crippen LogP contribution in [0.5, 0.6) is 0 Å². The van der Waals surface area contributed by atoms with Crippen LogP contribution in [0.15, 0.2) is 48.7 Å². The zero-order valence-corrected chi connectivity index (χ0v) is 19.5. The van der Waals surface area contributed by atoms with Crippen LogP contribution in [-0.4, -0.2) is 30.0 Å². The van der Waals surface area contributed by atoms with Gasteiger partial charge in [-0.25, -0.2) is 18.6 Å². The SMILES string of the molecule is CC(CCN)(CCOC(=O)Nc1cc2cc(F)ccc2cn1)C(=O)CCc1cccc(F)c1Cl. The fourth-order valence-electron chi connectivity index (χ4n) is 3.70. The Morgan fingerprint density at radius 2 is 1.94 bits per heavy atom. The number of hydrogen-bond acceptors (Lipinski definition) is 5. The van der Waals surface area contributed by atoms with Gasteiger partial charge in [-0.05, 0) is 67.1 Å². The number of pyridine rings is 1. The van der Waals surface area contributed by atoms with E-state index in [-0.39, 0.29) is 42.6 Å². The number of nitrogens with two attached hydrogens (primary N) is 1. The highest BCUT2D eigenvalue weighted by molar-refractivity contribution is 6.31. The predicted octanol–water partition coefficient (Wildman–Crippen LogP) is 5.66. The average molecular weight is 490 g/mol. The highest BCUT2D eigenvalue weighted by Gasteiger charge is 2.32. The summed E-state index contributed by atoms with van der Waals surface area (Å²) >= 11 is 5.98. The molecule has 0 spiro atoms. The molecule has 0 aliphatic rings. The molecular weight excluding hydrogens is 464 g/mol. The first-order valence-corrected chi connectivity index (χ1v) is 11.2. The van der Waals surface area contributed by atoms with Crippen LogP contribution in [0.4, 0.5) is 19.4 Å². The van der Waals surface area contributed by atoms with Crippen molar-refractivity contribution in [3.8, 4) is 0 Å². The van der Waals surface area contributed by atoms with Gasteiger partial charge < -0.3 is 10.5 Å². The van der Waals surface area contributed by atoms with E-state index in [4.69, 9.17) is 22.1 Å². The third-order valence-corrected chi connectivity index (χ3v) is 6.25. The molecule has 0 radical (unpaired) electrons. The van der Waals surface area contributed by atoms with Crippen molar-refractivity contribution in [1.82, 2.24) is 4.98 Å². The van der Waals surface area contributed by atoms with Crippen molar-refractivity contribution in [3.63, 3.8) is 0 Å². The number of amides is 1. The lowest BCUT2D eigenvalue weighted by Gasteiger charge is -2.27. The van der Waals surface area contributed by atoms with E-state index in [0.29, 0.717) is 23.8 Å². The molecule has 0 bridgehead atoms. The first kappa shape index (κ1) is 25.5. The van der Waals surface area contributed by atoms with Crippen molar-refractivity contribution in [2.75, 3.05) is 18.5 Å². The van der Waals surface area contributed by atoms with Crippen molar-refractivity contribution in [3.05, 3.63) is 70.9 Å². The van der Waals surface area contributed by atoms with E-state index >= 15 is 0 Å². The van der Waals surface area contributed by atoms with E-state index < -0.39 is 23.1 Å². The molecule has 0 aliphatic carbocycles. The summed E-state index contributed by atoms with van der Waals surface area (Å²) in [5.41, 5.74) is 5.46. The molecule has 3 rings (SSSR count). The number of nitrogens with zero attached hydrogens (tertiary/aromatic N) is 1. The summed E-state index contributed by atoms with van der Waals surface area (Å²) in [6.07, 6.45) is 1.91. The van der Waals surface area contributed by atoms with Crippen LogP contribution in [0.3, 0.4) is 0 Å². The number of nitrogens with one attached hydrogen (secondary N) is 1. The van der Waals surface area contributed by atoms with Crippen molar-refractivity contribution in [1.29, 1.82) is 0 Å². The maximum atomic E-state index is 13.6. The summed E-state index contributed by atoms with van der Waals surface area (Å²) in [5.74, 6) is -0.770. The van der Waals surface area contributed by atoms with Gasteiger partial charge in [0.1, 0.15) is 23.2 Å². The number of halogens is 3. The molecule has 180 valence electrons. The Bertz CT molecular complexity index is 1190. The first-order valence-electron chi connectivity index (χ1n) is 10.9. The van der Waals surface area contributed by atoms with E-state index in [2.05, 4.69) is 10.3 Å². The monoisotopic (exact) mass is 489 g/mol. The van der Waals surface area contributed by atoms with Crippen LogP contribution in [-0.2, 0) is 16.0 Å². The Labute approximate surface area is 201 Å². The topological polar surface area (TPSA) is 94.3 Å². The molecule has 1 atom stereocenters. The normalized spacial score (nSPS) is 12.9. The molecule has 0 fully saturated rings. The zero-order valence-electron chi connectivity index (χ0n) is 18.7. The van der Waals surface area contributed by atoms with Crippen LogP contribution >= 0.6 is 11.6 Å². The van der Waals surface area contributed by atoms with Gasteiger partial charge in [-0.3, -0.25) is 10.1 Å². The number of Topliss-reactive ketones (excluding diaryl/α,β-unsaturated/α-hetero) is 1. The number of anilines is 1. The van der Waals surface area contributed by atoms with Crippen LogP contribution in [0.25, 0.3) is 10.8 Å². The number of benzene rings is 2. The Balaban J connectivity index is 1.55. The zero-order chi connectivity index (χ0) is 24.7. The molecule has 0 saturated heterocycles. The van der Waals surface area contributed by atoms with Gasteiger partial charge in [-0.2, -0.15) is 0 Å². The summed E-state index contributed by atoms with van der Waals surface area (Å²) in [5, 5.41) is 3.84. The number of carbonyl (C=O) groups excluding carboxylic acids is 2. The third-order valence-electron chi connectivity index (χ3n) is 5.82. The van der Waals surface area contributed by atoms with Gasteiger partial charge in [0.25, 0.3) is 0 Å². The number of hydrogen-bond donors (Lipinski definition) is 2. The summed E-state index contributed by atoms with van der Waals surface area (Å²) in [7, 11) is 0. The maximum Gasteiger partial charge on any atom is 0.412 e. The molecule has 0 aliphatic heterocycles. The molecule has 1 unspecified atom stereocenters. The number of ketones is 1. The Kier molecular flexibility index (Phi) is 8.52.